The minimum atomic E-state index is 0.666. The van der Waals surface area contributed by atoms with Crippen molar-refractivity contribution < 1.29 is 9.47 Å². The number of morpholine rings is 1. The lowest BCUT2D eigenvalue weighted by atomic mass is 9.97. The molecule has 0 amide bonds. The first-order valence-electron chi connectivity index (χ1n) is 9.51. The van der Waals surface area contributed by atoms with E-state index in [0.29, 0.717) is 13.2 Å². The Bertz CT molecular complexity index is 958. The van der Waals surface area contributed by atoms with E-state index < -0.39 is 0 Å². The second-order valence-electron chi connectivity index (χ2n) is 6.87. The first kappa shape index (κ1) is 16.6. The fourth-order valence-corrected chi connectivity index (χ4v) is 3.84. The van der Waals surface area contributed by atoms with Crippen LogP contribution in [0.25, 0.3) is 16.5 Å². The van der Waals surface area contributed by atoms with Crippen molar-refractivity contribution in [2.24, 2.45) is 4.99 Å². The van der Waals surface area contributed by atoms with Crippen molar-refractivity contribution in [2.45, 2.75) is 6.42 Å². The number of anilines is 1. The van der Waals surface area contributed by atoms with E-state index in [0.717, 1.165) is 67.5 Å². The molecule has 6 heteroatoms. The van der Waals surface area contributed by atoms with E-state index >= 15 is 0 Å². The SMILES string of the molecule is C1=CC(c2nccc3c(C4=CCOCC4)cc(N4CCOCC4)nc23)=NC1. The Morgan fingerprint density at radius 3 is 2.78 bits per heavy atom. The van der Waals surface area contributed by atoms with Crippen LogP contribution in [0.2, 0.25) is 0 Å². The number of aromatic nitrogens is 2. The van der Waals surface area contributed by atoms with Crippen molar-refractivity contribution >= 4 is 28.0 Å². The summed E-state index contributed by atoms with van der Waals surface area (Å²) >= 11 is 0. The van der Waals surface area contributed by atoms with Crippen LogP contribution in [0.1, 0.15) is 17.7 Å². The summed E-state index contributed by atoms with van der Waals surface area (Å²) in [4.78, 5) is 16.5. The molecule has 5 heterocycles. The molecule has 27 heavy (non-hydrogen) atoms. The van der Waals surface area contributed by atoms with Gasteiger partial charge < -0.3 is 14.4 Å². The Labute approximate surface area is 158 Å². The molecular weight excluding hydrogens is 340 g/mol. The monoisotopic (exact) mass is 362 g/mol. The van der Waals surface area contributed by atoms with Crippen LogP contribution in [0.5, 0.6) is 0 Å². The normalized spacial score (nSPS) is 20.1. The summed E-state index contributed by atoms with van der Waals surface area (Å²) in [6, 6.07) is 4.29. The smallest absolute Gasteiger partial charge is 0.130 e. The molecule has 2 aromatic heterocycles. The van der Waals surface area contributed by atoms with Gasteiger partial charge in [0.2, 0.25) is 0 Å². The summed E-state index contributed by atoms with van der Waals surface area (Å²) in [5, 5.41) is 1.13. The van der Waals surface area contributed by atoms with Crippen LogP contribution in [0, 0.1) is 0 Å². The quantitative estimate of drug-likeness (QED) is 0.840. The highest BCUT2D eigenvalue weighted by atomic mass is 16.5. The number of aliphatic imine (C=N–C) groups is 1. The van der Waals surface area contributed by atoms with Crippen molar-refractivity contribution in [3.05, 3.63) is 47.8 Å². The minimum absolute atomic E-state index is 0.666. The van der Waals surface area contributed by atoms with Gasteiger partial charge in [-0.25, -0.2) is 4.98 Å². The number of pyridine rings is 2. The van der Waals surface area contributed by atoms with Crippen molar-refractivity contribution in [1.82, 2.24) is 9.97 Å². The molecule has 3 aliphatic heterocycles. The molecule has 2 aromatic rings. The fraction of sp³-hybridized carbons (Fsp3) is 0.381. The molecule has 0 aromatic carbocycles. The molecule has 3 aliphatic rings. The lowest BCUT2D eigenvalue weighted by Gasteiger charge is -2.29. The van der Waals surface area contributed by atoms with Gasteiger partial charge in [0.15, 0.2) is 0 Å². The molecule has 5 rings (SSSR count). The highest BCUT2D eigenvalue weighted by Gasteiger charge is 2.20. The van der Waals surface area contributed by atoms with Crippen LogP contribution in [0.4, 0.5) is 5.82 Å². The van der Waals surface area contributed by atoms with Crippen molar-refractivity contribution in [3.63, 3.8) is 0 Å². The van der Waals surface area contributed by atoms with Crippen LogP contribution < -0.4 is 4.90 Å². The minimum Gasteiger partial charge on any atom is -0.378 e. The molecule has 0 saturated carbocycles. The molecule has 0 N–H and O–H groups in total. The maximum absolute atomic E-state index is 5.53. The molecule has 0 spiro atoms. The molecule has 1 saturated heterocycles. The summed E-state index contributed by atoms with van der Waals surface area (Å²) in [6.45, 7) is 5.33. The van der Waals surface area contributed by atoms with E-state index in [-0.39, 0.29) is 0 Å². The van der Waals surface area contributed by atoms with Gasteiger partial charge >= 0.3 is 0 Å². The van der Waals surface area contributed by atoms with Gasteiger partial charge in [-0.3, -0.25) is 9.98 Å². The average Bonchev–Trinajstić information content (AvgIpc) is 3.28. The number of hydrogen-bond donors (Lipinski definition) is 0. The maximum atomic E-state index is 5.53. The number of rotatable bonds is 3. The maximum Gasteiger partial charge on any atom is 0.130 e. The van der Waals surface area contributed by atoms with E-state index in [4.69, 9.17) is 14.5 Å². The van der Waals surface area contributed by atoms with Crippen molar-refractivity contribution in [1.29, 1.82) is 0 Å². The molecule has 1 fully saturated rings. The predicted molar refractivity (Wildman–Crippen MR) is 107 cm³/mol. The van der Waals surface area contributed by atoms with Gasteiger partial charge in [-0.05, 0) is 35.8 Å². The second kappa shape index (κ2) is 7.21. The van der Waals surface area contributed by atoms with Crippen LogP contribution in [-0.2, 0) is 9.47 Å². The Balaban J connectivity index is 1.72. The van der Waals surface area contributed by atoms with E-state index in [9.17, 15) is 0 Å². The number of nitrogens with zero attached hydrogens (tertiary/aromatic N) is 4. The molecular formula is C21H22N4O2. The number of ether oxygens (including phenoxy) is 2. The molecule has 0 unspecified atom stereocenters. The molecule has 0 aliphatic carbocycles. The van der Waals surface area contributed by atoms with Crippen molar-refractivity contribution in [2.75, 3.05) is 51.0 Å². The standard InChI is InChI=1S/C21H22N4O2/c1-2-18(22-6-1)21-20-16(3-7-23-21)17(15-4-10-26-11-5-15)14-19(24-20)25-8-12-27-13-9-25/h1-4,7,14H,5-6,8-13H2. The highest BCUT2D eigenvalue weighted by molar-refractivity contribution is 6.16. The van der Waals surface area contributed by atoms with Crippen LogP contribution in [-0.4, -0.2) is 61.7 Å². The number of hydrogen-bond acceptors (Lipinski definition) is 6. The topological polar surface area (TPSA) is 59.8 Å². The van der Waals surface area contributed by atoms with E-state index in [1.165, 1.54) is 11.1 Å². The van der Waals surface area contributed by atoms with Gasteiger partial charge in [-0.15, -0.1) is 0 Å². The first-order chi connectivity index (χ1) is 13.4. The second-order valence-corrected chi connectivity index (χ2v) is 6.87. The molecule has 138 valence electrons. The van der Waals surface area contributed by atoms with Gasteiger partial charge in [0.1, 0.15) is 17.0 Å². The van der Waals surface area contributed by atoms with Crippen LogP contribution >= 0.6 is 0 Å². The zero-order valence-corrected chi connectivity index (χ0v) is 15.2. The van der Waals surface area contributed by atoms with Gasteiger partial charge in [-0.2, -0.15) is 0 Å². The third-order valence-electron chi connectivity index (χ3n) is 5.24. The van der Waals surface area contributed by atoms with Gasteiger partial charge in [0.25, 0.3) is 0 Å². The Kier molecular flexibility index (Phi) is 4.43. The zero-order valence-electron chi connectivity index (χ0n) is 15.2. The van der Waals surface area contributed by atoms with Crippen molar-refractivity contribution in [3.8, 4) is 0 Å². The first-order valence-corrected chi connectivity index (χ1v) is 9.51. The van der Waals surface area contributed by atoms with E-state index in [2.05, 4.69) is 39.2 Å². The third kappa shape index (κ3) is 3.15. The molecule has 0 radical (unpaired) electrons. The summed E-state index contributed by atoms with van der Waals surface area (Å²) in [7, 11) is 0. The van der Waals surface area contributed by atoms with E-state index in [1.54, 1.807) is 0 Å². The summed E-state index contributed by atoms with van der Waals surface area (Å²) in [5.41, 5.74) is 5.26. The average molecular weight is 362 g/mol. The van der Waals surface area contributed by atoms with Gasteiger partial charge in [0, 0.05) is 24.7 Å². The molecule has 6 nitrogen and oxygen atoms in total. The Hall–Kier alpha value is -2.57. The number of fused-ring (bicyclic) bond motifs is 1. The van der Waals surface area contributed by atoms with Gasteiger partial charge in [-0.1, -0.05) is 12.2 Å². The van der Waals surface area contributed by atoms with E-state index in [1.807, 2.05) is 12.3 Å². The summed E-state index contributed by atoms with van der Waals surface area (Å²) < 4.78 is 11.0. The fourth-order valence-electron chi connectivity index (χ4n) is 3.84. The summed E-state index contributed by atoms with van der Waals surface area (Å²) in [6.07, 6.45) is 9.07. The van der Waals surface area contributed by atoms with Crippen LogP contribution in [0.3, 0.4) is 0 Å². The Morgan fingerprint density at radius 1 is 1.07 bits per heavy atom. The molecule has 0 bridgehead atoms. The zero-order chi connectivity index (χ0) is 18.1. The summed E-state index contributed by atoms with van der Waals surface area (Å²) in [5.74, 6) is 0.991. The van der Waals surface area contributed by atoms with Gasteiger partial charge in [0.05, 0.1) is 38.7 Å². The molecule has 0 atom stereocenters. The lowest BCUT2D eigenvalue weighted by molar-refractivity contribution is 0.122. The predicted octanol–water partition coefficient (Wildman–Crippen LogP) is 2.63. The Morgan fingerprint density at radius 2 is 2.00 bits per heavy atom. The largest absolute Gasteiger partial charge is 0.378 e. The lowest BCUT2D eigenvalue weighted by Crippen LogP contribution is -2.36. The van der Waals surface area contributed by atoms with Crippen LogP contribution in [0.15, 0.2) is 41.6 Å². The number of allylic oxidation sites excluding steroid dienone is 1. The highest BCUT2D eigenvalue weighted by Crippen LogP contribution is 2.32. The third-order valence-corrected chi connectivity index (χ3v) is 5.24.